The fraction of sp³-hybridized carbons (Fsp3) is 0.417. The van der Waals surface area contributed by atoms with Crippen molar-refractivity contribution in [3.8, 4) is 5.75 Å². The minimum atomic E-state index is -1.38. The van der Waals surface area contributed by atoms with Gasteiger partial charge in [-0.15, -0.1) is 0 Å². The molecule has 0 fully saturated rings. The van der Waals surface area contributed by atoms with Crippen LogP contribution in [0.25, 0.3) is 0 Å². The summed E-state index contributed by atoms with van der Waals surface area (Å²) in [5.41, 5.74) is 0.776. The van der Waals surface area contributed by atoms with Crippen LogP contribution in [-0.4, -0.2) is 28.9 Å². The Bertz CT molecular complexity index is 345. The number of aliphatic hydroxyl groups is 1. The average molecular weight is 224 g/mol. The Morgan fingerprint density at radius 2 is 1.94 bits per heavy atom. The lowest BCUT2D eigenvalue weighted by Crippen LogP contribution is -2.25. The second-order valence-corrected chi connectivity index (χ2v) is 3.57. The molecule has 88 valence electrons. The second kappa shape index (κ2) is 5.51. The van der Waals surface area contributed by atoms with Gasteiger partial charge in [0.15, 0.2) is 6.10 Å². The van der Waals surface area contributed by atoms with Gasteiger partial charge in [0.1, 0.15) is 5.75 Å². The van der Waals surface area contributed by atoms with Crippen LogP contribution < -0.4 is 4.74 Å². The van der Waals surface area contributed by atoms with Crippen LogP contribution in [0.5, 0.6) is 5.75 Å². The average Bonchev–Trinajstić information content (AvgIpc) is 2.28. The number of hydrogen-bond acceptors (Lipinski definition) is 3. The van der Waals surface area contributed by atoms with Gasteiger partial charge in [0.25, 0.3) is 0 Å². The Labute approximate surface area is 94.5 Å². The maximum atomic E-state index is 10.6. The van der Waals surface area contributed by atoms with Crippen LogP contribution in [0.15, 0.2) is 24.3 Å². The normalized spacial score (nSPS) is 14.2. The minimum Gasteiger partial charge on any atom is -0.494 e. The Kier molecular flexibility index (Phi) is 4.31. The van der Waals surface area contributed by atoms with Gasteiger partial charge in [0, 0.05) is 5.92 Å². The molecule has 0 heterocycles. The first kappa shape index (κ1) is 12.5. The van der Waals surface area contributed by atoms with Crippen molar-refractivity contribution in [1.29, 1.82) is 0 Å². The Morgan fingerprint density at radius 3 is 2.38 bits per heavy atom. The number of hydrogen-bond donors (Lipinski definition) is 2. The number of carboxylic acids is 1. The van der Waals surface area contributed by atoms with Crippen molar-refractivity contribution in [2.24, 2.45) is 0 Å². The fourth-order valence-electron chi connectivity index (χ4n) is 1.43. The molecule has 4 heteroatoms. The molecule has 2 N–H and O–H groups in total. The van der Waals surface area contributed by atoms with E-state index < -0.39 is 18.0 Å². The third kappa shape index (κ3) is 2.97. The highest BCUT2D eigenvalue weighted by atomic mass is 16.5. The molecule has 2 unspecified atom stereocenters. The predicted molar refractivity (Wildman–Crippen MR) is 59.7 cm³/mol. The Hall–Kier alpha value is -1.55. The quantitative estimate of drug-likeness (QED) is 0.797. The van der Waals surface area contributed by atoms with Gasteiger partial charge in [-0.25, -0.2) is 4.79 Å². The van der Waals surface area contributed by atoms with Crippen molar-refractivity contribution in [3.05, 3.63) is 29.8 Å². The van der Waals surface area contributed by atoms with Gasteiger partial charge in [-0.05, 0) is 24.6 Å². The summed E-state index contributed by atoms with van der Waals surface area (Å²) in [5.74, 6) is -0.905. The van der Waals surface area contributed by atoms with Gasteiger partial charge in [-0.3, -0.25) is 0 Å². The van der Waals surface area contributed by atoms with E-state index in [1.807, 2.05) is 6.92 Å². The van der Waals surface area contributed by atoms with Crippen LogP contribution in [0.3, 0.4) is 0 Å². The summed E-state index contributed by atoms with van der Waals surface area (Å²) in [5, 5.41) is 18.1. The van der Waals surface area contributed by atoms with Gasteiger partial charge >= 0.3 is 5.97 Å². The number of rotatable bonds is 5. The number of carbonyl (C=O) groups is 1. The standard InChI is InChI=1S/C12H16O4/c1-3-16-10-6-4-9(5-7-10)8(2)11(13)12(14)15/h4-8,11,13H,3H2,1-2H3,(H,14,15). The van der Waals surface area contributed by atoms with E-state index in [1.54, 1.807) is 31.2 Å². The second-order valence-electron chi connectivity index (χ2n) is 3.57. The molecule has 1 rings (SSSR count). The number of benzene rings is 1. The zero-order chi connectivity index (χ0) is 12.1. The zero-order valence-corrected chi connectivity index (χ0v) is 9.38. The largest absolute Gasteiger partial charge is 0.494 e. The van der Waals surface area contributed by atoms with Gasteiger partial charge in [-0.1, -0.05) is 19.1 Å². The van der Waals surface area contributed by atoms with Gasteiger partial charge in [0.05, 0.1) is 6.61 Å². The van der Waals surface area contributed by atoms with E-state index in [4.69, 9.17) is 9.84 Å². The Balaban J connectivity index is 2.77. The summed E-state index contributed by atoms with van der Waals surface area (Å²) in [6, 6.07) is 7.07. The molecule has 1 aromatic rings. The molecule has 0 aromatic heterocycles. The van der Waals surface area contributed by atoms with E-state index in [0.29, 0.717) is 6.61 Å². The molecule has 0 aliphatic carbocycles. The molecule has 0 spiro atoms. The lowest BCUT2D eigenvalue weighted by atomic mass is 9.95. The van der Waals surface area contributed by atoms with Crippen LogP contribution in [0.4, 0.5) is 0 Å². The number of aliphatic hydroxyl groups excluding tert-OH is 1. The first-order chi connectivity index (χ1) is 7.56. The maximum Gasteiger partial charge on any atom is 0.333 e. The van der Waals surface area contributed by atoms with E-state index in [9.17, 15) is 9.90 Å². The lowest BCUT2D eigenvalue weighted by Gasteiger charge is -2.15. The molecule has 0 aliphatic rings. The highest BCUT2D eigenvalue weighted by Gasteiger charge is 2.22. The molecule has 0 radical (unpaired) electrons. The highest BCUT2D eigenvalue weighted by Crippen LogP contribution is 2.22. The molecule has 0 saturated heterocycles. The topological polar surface area (TPSA) is 66.8 Å². The molecular formula is C12H16O4. The molecule has 0 bridgehead atoms. The van der Waals surface area contributed by atoms with Crippen molar-refractivity contribution >= 4 is 5.97 Å². The summed E-state index contributed by atoms with van der Waals surface area (Å²) in [6.07, 6.45) is -1.38. The van der Waals surface area contributed by atoms with E-state index >= 15 is 0 Å². The molecule has 4 nitrogen and oxygen atoms in total. The molecular weight excluding hydrogens is 208 g/mol. The molecule has 16 heavy (non-hydrogen) atoms. The van der Waals surface area contributed by atoms with Crippen LogP contribution in [0.2, 0.25) is 0 Å². The molecule has 1 aromatic carbocycles. The minimum absolute atomic E-state index is 0.437. The number of ether oxygens (including phenoxy) is 1. The van der Waals surface area contributed by atoms with Crippen LogP contribution in [0, 0.1) is 0 Å². The van der Waals surface area contributed by atoms with Crippen LogP contribution >= 0.6 is 0 Å². The third-order valence-corrected chi connectivity index (χ3v) is 2.44. The van der Waals surface area contributed by atoms with Gasteiger partial charge in [-0.2, -0.15) is 0 Å². The third-order valence-electron chi connectivity index (χ3n) is 2.44. The summed E-state index contributed by atoms with van der Waals surface area (Å²) >= 11 is 0. The summed E-state index contributed by atoms with van der Waals surface area (Å²) < 4.78 is 5.27. The predicted octanol–water partition coefficient (Wildman–Crippen LogP) is 1.63. The van der Waals surface area contributed by atoms with E-state index in [0.717, 1.165) is 11.3 Å². The van der Waals surface area contributed by atoms with Crippen molar-refractivity contribution in [1.82, 2.24) is 0 Å². The lowest BCUT2D eigenvalue weighted by molar-refractivity contribution is -0.147. The van der Waals surface area contributed by atoms with E-state index in [1.165, 1.54) is 0 Å². The zero-order valence-electron chi connectivity index (χ0n) is 9.38. The number of aliphatic carboxylic acids is 1. The van der Waals surface area contributed by atoms with E-state index in [2.05, 4.69) is 0 Å². The molecule has 0 saturated carbocycles. The van der Waals surface area contributed by atoms with Crippen molar-refractivity contribution in [3.63, 3.8) is 0 Å². The van der Waals surface area contributed by atoms with Crippen LogP contribution in [-0.2, 0) is 4.79 Å². The maximum absolute atomic E-state index is 10.6. The summed E-state index contributed by atoms with van der Waals surface area (Å²) in [7, 11) is 0. The van der Waals surface area contributed by atoms with E-state index in [-0.39, 0.29) is 0 Å². The SMILES string of the molecule is CCOc1ccc(C(C)C(O)C(=O)O)cc1. The van der Waals surface area contributed by atoms with Crippen molar-refractivity contribution in [2.45, 2.75) is 25.9 Å². The van der Waals surface area contributed by atoms with Gasteiger partial charge in [0.2, 0.25) is 0 Å². The molecule has 0 amide bonds. The number of carboxylic acid groups (broad SMARTS) is 1. The first-order valence-electron chi connectivity index (χ1n) is 5.20. The van der Waals surface area contributed by atoms with Gasteiger partial charge < -0.3 is 14.9 Å². The molecule has 2 atom stereocenters. The van der Waals surface area contributed by atoms with Crippen LogP contribution in [0.1, 0.15) is 25.3 Å². The first-order valence-corrected chi connectivity index (χ1v) is 5.20. The van der Waals surface area contributed by atoms with Crippen molar-refractivity contribution in [2.75, 3.05) is 6.61 Å². The smallest absolute Gasteiger partial charge is 0.333 e. The fourth-order valence-corrected chi connectivity index (χ4v) is 1.43. The highest BCUT2D eigenvalue weighted by molar-refractivity contribution is 5.73. The summed E-state index contributed by atoms with van der Waals surface area (Å²) in [6.45, 7) is 4.16. The monoisotopic (exact) mass is 224 g/mol. The summed E-state index contributed by atoms with van der Waals surface area (Å²) in [4.78, 5) is 10.6. The Morgan fingerprint density at radius 1 is 1.38 bits per heavy atom. The molecule has 0 aliphatic heterocycles. The van der Waals surface area contributed by atoms with Crippen molar-refractivity contribution < 1.29 is 19.7 Å².